The van der Waals surface area contributed by atoms with Crippen LogP contribution in [0.4, 0.5) is 10.1 Å². The third-order valence-electron chi connectivity index (χ3n) is 3.36. The molecule has 0 aliphatic rings. The molecule has 0 bridgehead atoms. The third-order valence-corrected chi connectivity index (χ3v) is 4.79. The lowest BCUT2D eigenvalue weighted by Gasteiger charge is -2.11. The standard InChI is InChI=1S/C18H19FN2O6S/c1-2-26-15-9-5-4-8-14(15)21-17(22)12-27-18(23)11-20-28(24,25)16-10-6-3-7-13(16)19/h3-10,20H,2,11-12H2,1H3,(H,21,22). The normalized spacial score (nSPS) is 10.9. The molecule has 10 heteroatoms. The fraction of sp³-hybridized carbons (Fsp3) is 0.222. The van der Waals surface area contributed by atoms with Crippen molar-refractivity contribution in [1.29, 1.82) is 0 Å². The molecule has 0 heterocycles. The van der Waals surface area contributed by atoms with Gasteiger partial charge in [-0.05, 0) is 31.2 Å². The average Bonchev–Trinajstić information content (AvgIpc) is 2.67. The summed E-state index contributed by atoms with van der Waals surface area (Å²) in [5, 5.41) is 2.53. The number of halogens is 1. The van der Waals surface area contributed by atoms with E-state index < -0.39 is 45.8 Å². The Morgan fingerprint density at radius 1 is 1.07 bits per heavy atom. The first-order valence-corrected chi connectivity index (χ1v) is 9.73. The number of hydrogen-bond donors (Lipinski definition) is 2. The van der Waals surface area contributed by atoms with Crippen molar-refractivity contribution in [2.24, 2.45) is 0 Å². The quantitative estimate of drug-likeness (QED) is 0.609. The van der Waals surface area contributed by atoms with Crippen molar-refractivity contribution in [3.05, 3.63) is 54.3 Å². The van der Waals surface area contributed by atoms with Gasteiger partial charge in [-0.2, -0.15) is 4.72 Å². The topological polar surface area (TPSA) is 111 Å². The van der Waals surface area contributed by atoms with E-state index in [4.69, 9.17) is 9.47 Å². The summed E-state index contributed by atoms with van der Waals surface area (Å²) in [5.74, 6) is -2.11. The zero-order valence-corrected chi connectivity index (χ0v) is 15.8. The lowest BCUT2D eigenvalue weighted by Crippen LogP contribution is -2.32. The molecule has 2 aromatic rings. The Kier molecular flexibility index (Phi) is 7.47. The molecule has 150 valence electrons. The second-order valence-electron chi connectivity index (χ2n) is 5.39. The van der Waals surface area contributed by atoms with Gasteiger partial charge in [0.2, 0.25) is 10.0 Å². The molecular formula is C18H19FN2O6S. The first kappa shape index (κ1) is 21.3. The number of nitrogens with one attached hydrogen (secondary N) is 2. The van der Waals surface area contributed by atoms with Crippen molar-refractivity contribution < 1.29 is 31.9 Å². The predicted molar refractivity (Wildman–Crippen MR) is 98.8 cm³/mol. The SMILES string of the molecule is CCOc1ccccc1NC(=O)COC(=O)CNS(=O)(=O)c1ccccc1F. The Morgan fingerprint density at radius 2 is 1.75 bits per heavy atom. The molecule has 8 nitrogen and oxygen atoms in total. The number of carbonyl (C=O) groups excluding carboxylic acids is 2. The van der Waals surface area contributed by atoms with E-state index >= 15 is 0 Å². The van der Waals surface area contributed by atoms with Crippen LogP contribution in [-0.2, 0) is 24.3 Å². The van der Waals surface area contributed by atoms with Gasteiger partial charge in [-0.1, -0.05) is 24.3 Å². The maximum absolute atomic E-state index is 13.6. The average molecular weight is 410 g/mol. The summed E-state index contributed by atoms with van der Waals surface area (Å²) < 4.78 is 49.5. The van der Waals surface area contributed by atoms with Gasteiger partial charge >= 0.3 is 5.97 Å². The highest BCUT2D eigenvalue weighted by Gasteiger charge is 2.20. The minimum Gasteiger partial charge on any atom is -0.492 e. The Morgan fingerprint density at radius 3 is 2.46 bits per heavy atom. The number of ether oxygens (including phenoxy) is 2. The van der Waals surface area contributed by atoms with Gasteiger partial charge in [0.1, 0.15) is 23.0 Å². The van der Waals surface area contributed by atoms with Crippen LogP contribution in [0.3, 0.4) is 0 Å². The third kappa shape index (κ3) is 6.03. The number of amides is 1. The van der Waals surface area contributed by atoms with Crippen LogP contribution >= 0.6 is 0 Å². The van der Waals surface area contributed by atoms with E-state index in [0.29, 0.717) is 18.0 Å². The number of carbonyl (C=O) groups is 2. The van der Waals surface area contributed by atoms with E-state index in [9.17, 15) is 22.4 Å². The van der Waals surface area contributed by atoms with Gasteiger partial charge in [-0.3, -0.25) is 9.59 Å². The second kappa shape index (κ2) is 9.81. The molecule has 0 atom stereocenters. The molecule has 2 aromatic carbocycles. The van der Waals surface area contributed by atoms with Gasteiger partial charge in [0.05, 0.1) is 12.3 Å². The Balaban J connectivity index is 1.84. The van der Waals surface area contributed by atoms with Gasteiger partial charge in [-0.15, -0.1) is 0 Å². The highest BCUT2D eigenvalue weighted by atomic mass is 32.2. The predicted octanol–water partition coefficient (Wildman–Crippen LogP) is 1.68. The number of anilines is 1. The van der Waals surface area contributed by atoms with E-state index in [1.165, 1.54) is 12.1 Å². The van der Waals surface area contributed by atoms with Crippen LogP contribution in [0.1, 0.15) is 6.92 Å². The molecule has 0 aromatic heterocycles. The molecule has 0 saturated heterocycles. The summed E-state index contributed by atoms with van der Waals surface area (Å²) >= 11 is 0. The van der Waals surface area contributed by atoms with Gasteiger partial charge in [0.25, 0.3) is 5.91 Å². The van der Waals surface area contributed by atoms with Crippen LogP contribution in [0.15, 0.2) is 53.4 Å². The van der Waals surface area contributed by atoms with Crippen molar-refractivity contribution in [3.63, 3.8) is 0 Å². The van der Waals surface area contributed by atoms with Crippen LogP contribution < -0.4 is 14.8 Å². The fourth-order valence-electron chi connectivity index (χ4n) is 2.13. The number of esters is 1. The number of sulfonamides is 1. The van der Waals surface area contributed by atoms with Gasteiger partial charge in [-0.25, -0.2) is 12.8 Å². The van der Waals surface area contributed by atoms with Crippen molar-refractivity contribution in [2.75, 3.05) is 25.1 Å². The number of para-hydroxylation sites is 2. The number of benzene rings is 2. The highest BCUT2D eigenvalue weighted by molar-refractivity contribution is 7.89. The largest absolute Gasteiger partial charge is 0.492 e. The summed E-state index contributed by atoms with van der Waals surface area (Å²) in [7, 11) is -4.23. The Hall–Kier alpha value is -2.98. The van der Waals surface area contributed by atoms with Crippen molar-refractivity contribution in [2.45, 2.75) is 11.8 Å². The lowest BCUT2D eigenvalue weighted by molar-refractivity contribution is -0.146. The van der Waals surface area contributed by atoms with Gasteiger partial charge < -0.3 is 14.8 Å². The van der Waals surface area contributed by atoms with Crippen LogP contribution in [0.2, 0.25) is 0 Å². The van der Waals surface area contributed by atoms with E-state index in [0.717, 1.165) is 12.1 Å². The minimum atomic E-state index is -4.23. The summed E-state index contributed by atoms with van der Waals surface area (Å²) in [5.41, 5.74) is 0.408. The van der Waals surface area contributed by atoms with Crippen LogP contribution in [-0.4, -0.2) is 40.1 Å². The first-order valence-electron chi connectivity index (χ1n) is 8.25. The molecule has 0 aliphatic heterocycles. The van der Waals surface area contributed by atoms with Crippen molar-refractivity contribution >= 4 is 27.6 Å². The van der Waals surface area contributed by atoms with E-state index in [2.05, 4.69) is 5.32 Å². The first-order chi connectivity index (χ1) is 13.3. The Labute approximate surface area is 161 Å². The zero-order valence-electron chi connectivity index (χ0n) is 15.0. The summed E-state index contributed by atoms with van der Waals surface area (Å²) in [4.78, 5) is 23.0. The zero-order chi connectivity index (χ0) is 20.6. The van der Waals surface area contributed by atoms with E-state index in [1.54, 1.807) is 31.2 Å². The molecule has 0 radical (unpaired) electrons. The maximum atomic E-state index is 13.6. The van der Waals surface area contributed by atoms with Crippen LogP contribution in [0, 0.1) is 5.82 Å². The molecule has 0 saturated carbocycles. The lowest BCUT2D eigenvalue weighted by atomic mass is 10.3. The fourth-order valence-corrected chi connectivity index (χ4v) is 3.17. The van der Waals surface area contributed by atoms with Gasteiger partial charge in [0.15, 0.2) is 6.61 Å². The molecule has 28 heavy (non-hydrogen) atoms. The van der Waals surface area contributed by atoms with Crippen molar-refractivity contribution in [3.8, 4) is 5.75 Å². The maximum Gasteiger partial charge on any atom is 0.321 e. The number of rotatable bonds is 9. The highest BCUT2D eigenvalue weighted by Crippen LogP contribution is 2.23. The van der Waals surface area contributed by atoms with E-state index in [-0.39, 0.29) is 0 Å². The molecule has 2 rings (SSSR count). The minimum absolute atomic E-state index is 0.407. The van der Waals surface area contributed by atoms with E-state index in [1.807, 2.05) is 4.72 Å². The summed E-state index contributed by atoms with van der Waals surface area (Å²) in [6.45, 7) is 0.826. The molecule has 1 amide bonds. The second-order valence-corrected chi connectivity index (χ2v) is 7.13. The van der Waals surface area contributed by atoms with Crippen molar-refractivity contribution in [1.82, 2.24) is 4.72 Å². The molecule has 0 fully saturated rings. The molecule has 0 unspecified atom stereocenters. The smallest absolute Gasteiger partial charge is 0.321 e. The molecular weight excluding hydrogens is 391 g/mol. The van der Waals surface area contributed by atoms with Gasteiger partial charge in [0, 0.05) is 0 Å². The molecule has 0 spiro atoms. The summed E-state index contributed by atoms with van der Waals surface area (Å²) in [6, 6.07) is 11.5. The monoisotopic (exact) mass is 410 g/mol. The molecule has 0 aliphatic carbocycles. The molecule has 2 N–H and O–H groups in total. The Bertz CT molecular complexity index is 949. The summed E-state index contributed by atoms with van der Waals surface area (Å²) in [6.07, 6.45) is 0. The van der Waals surface area contributed by atoms with Crippen LogP contribution in [0.5, 0.6) is 5.75 Å². The number of hydrogen-bond acceptors (Lipinski definition) is 6. The van der Waals surface area contributed by atoms with Crippen LogP contribution in [0.25, 0.3) is 0 Å².